The van der Waals surface area contributed by atoms with Crippen LogP contribution in [0.25, 0.3) is 0 Å². The van der Waals surface area contributed by atoms with Crippen molar-refractivity contribution in [1.29, 1.82) is 0 Å². The first kappa shape index (κ1) is 16.6. The number of aryl methyl sites for hydroxylation is 2. The van der Waals surface area contributed by atoms with Gasteiger partial charge in [0.1, 0.15) is 0 Å². The van der Waals surface area contributed by atoms with E-state index in [0.29, 0.717) is 6.04 Å². The lowest BCUT2D eigenvalue weighted by atomic mass is 10.0. The van der Waals surface area contributed by atoms with E-state index in [1.807, 2.05) is 18.8 Å². The molecule has 2 aromatic rings. The Morgan fingerprint density at radius 2 is 1.86 bits per heavy atom. The fraction of sp³-hybridized carbons (Fsp3) is 0.333. The zero-order valence-corrected chi connectivity index (χ0v) is 15.2. The number of benzene rings is 2. The van der Waals surface area contributed by atoms with Crippen LogP contribution in [0.3, 0.4) is 0 Å². The van der Waals surface area contributed by atoms with Crippen LogP contribution in [0.4, 0.5) is 0 Å². The lowest BCUT2D eigenvalue weighted by Gasteiger charge is -2.17. The first-order valence-corrected chi connectivity index (χ1v) is 8.98. The SMILES string of the molecule is CNC(CSc1ccccc1Br)Cc1ccc(C)c(C)c1. The molecule has 112 valence electrons. The van der Waals surface area contributed by atoms with Crippen LogP contribution in [0.2, 0.25) is 0 Å². The number of nitrogens with one attached hydrogen (secondary N) is 1. The van der Waals surface area contributed by atoms with Crippen molar-refractivity contribution in [3.63, 3.8) is 0 Å². The molecule has 0 heterocycles. The summed E-state index contributed by atoms with van der Waals surface area (Å²) in [4.78, 5) is 1.30. The molecule has 0 amide bonds. The van der Waals surface area contributed by atoms with E-state index in [1.165, 1.54) is 26.1 Å². The van der Waals surface area contributed by atoms with E-state index in [1.54, 1.807) is 0 Å². The zero-order valence-electron chi connectivity index (χ0n) is 12.8. The van der Waals surface area contributed by atoms with Gasteiger partial charge in [-0.2, -0.15) is 0 Å². The second-order valence-electron chi connectivity index (χ2n) is 5.35. The molecule has 0 spiro atoms. The number of hydrogen-bond donors (Lipinski definition) is 1. The average molecular weight is 364 g/mol. The molecule has 1 atom stereocenters. The van der Waals surface area contributed by atoms with Crippen LogP contribution in [0.1, 0.15) is 16.7 Å². The molecule has 1 N–H and O–H groups in total. The third kappa shape index (κ3) is 4.87. The van der Waals surface area contributed by atoms with Gasteiger partial charge in [-0.05, 0) is 72.1 Å². The van der Waals surface area contributed by atoms with Crippen molar-refractivity contribution >= 4 is 27.7 Å². The summed E-state index contributed by atoms with van der Waals surface area (Å²) in [5.74, 6) is 1.06. The summed E-state index contributed by atoms with van der Waals surface area (Å²) >= 11 is 5.51. The molecule has 1 unspecified atom stereocenters. The van der Waals surface area contributed by atoms with Crippen molar-refractivity contribution in [1.82, 2.24) is 5.32 Å². The van der Waals surface area contributed by atoms with Gasteiger partial charge < -0.3 is 5.32 Å². The fourth-order valence-electron chi connectivity index (χ4n) is 2.21. The molecule has 0 radical (unpaired) electrons. The molecular weight excluding hydrogens is 342 g/mol. The Morgan fingerprint density at radius 3 is 2.52 bits per heavy atom. The molecule has 21 heavy (non-hydrogen) atoms. The molecule has 0 bridgehead atoms. The van der Waals surface area contributed by atoms with E-state index in [2.05, 4.69) is 77.6 Å². The maximum Gasteiger partial charge on any atom is 0.0311 e. The van der Waals surface area contributed by atoms with Crippen LogP contribution < -0.4 is 5.32 Å². The third-order valence-corrected chi connectivity index (χ3v) is 5.93. The van der Waals surface area contributed by atoms with Crippen LogP contribution in [-0.2, 0) is 6.42 Å². The number of likely N-dealkylation sites (N-methyl/N-ethyl adjacent to an activating group) is 1. The molecular formula is C18H22BrNS. The van der Waals surface area contributed by atoms with E-state index < -0.39 is 0 Å². The van der Waals surface area contributed by atoms with Crippen LogP contribution in [0.5, 0.6) is 0 Å². The molecule has 1 nitrogen and oxygen atoms in total. The molecule has 0 saturated heterocycles. The second-order valence-corrected chi connectivity index (χ2v) is 7.27. The monoisotopic (exact) mass is 363 g/mol. The topological polar surface area (TPSA) is 12.0 Å². The highest BCUT2D eigenvalue weighted by Gasteiger charge is 2.10. The Labute approximate surface area is 140 Å². The van der Waals surface area contributed by atoms with Crippen molar-refractivity contribution in [3.8, 4) is 0 Å². The van der Waals surface area contributed by atoms with Crippen molar-refractivity contribution in [2.75, 3.05) is 12.8 Å². The average Bonchev–Trinajstić information content (AvgIpc) is 2.48. The van der Waals surface area contributed by atoms with Gasteiger partial charge in [-0.3, -0.25) is 0 Å². The summed E-state index contributed by atoms with van der Waals surface area (Å²) in [6, 6.07) is 15.7. The minimum absolute atomic E-state index is 0.476. The maximum atomic E-state index is 3.61. The molecule has 3 heteroatoms. The summed E-state index contributed by atoms with van der Waals surface area (Å²) in [7, 11) is 2.05. The summed E-state index contributed by atoms with van der Waals surface area (Å²) in [5.41, 5.74) is 4.15. The molecule has 0 aliphatic carbocycles. The van der Waals surface area contributed by atoms with E-state index in [-0.39, 0.29) is 0 Å². The molecule has 2 rings (SSSR count). The van der Waals surface area contributed by atoms with Gasteiger partial charge in [0.2, 0.25) is 0 Å². The molecule has 0 fully saturated rings. The summed E-state index contributed by atoms with van der Waals surface area (Å²) < 4.78 is 1.18. The first-order chi connectivity index (χ1) is 10.1. The Balaban J connectivity index is 1.97. The van der Waals surface area contributed by atoms with E-state index in [9.17, 15) is 0 Å². The minimum Gasteiger partial charge on any atom is -0.316 e. The largest absolute Gasteiger partial charge is 0.316 e. The van der Waals surface area contributed by atoms with Crippen LogP contribution in [0.15, 0.2) is 51.8 Å². The highest BCUT2D eigenvalue weighted by Crippen LogP contribution is 2.27. The van der Waals surface area contributed by atoms with Gasteiger partial charge in [0.05, 0.1) is 0 Å². The Kier molecular flexibility index (Phi) is 6.34. The van der Waals surface area contributed by atoms with Gasteiger partial charge in [0.15, 0.2) is 0 Å². The van der Waals surface area contributed by atoms with Crippen molar-refractivity contribution in [2.45, 2.75) is 31.2 Å². The number of halogens is 1. The van der Waals surface area contributed by atoms with Crippen molar-refractivity contribution < 1.29 is 0 Å². The first-order valence-electron chi connectivity index (χ1n) is 7.21. The Bertz CT molecular complexity index is 598. The highest BCUT2D eigenvalue weighted by atomic mass is 79.9. The second kappa shape index (κ2) is 8.02. The molecule has 0 aliphatic rings. The Hall–Kier alpha value is -0.770. The smallest absolute Gasteiger partial charge is 0.0311 e. The van der Waals surface area contributed by atoms with Gasteiger partial charge in [-0.1, -0.05) is 30.3 Å². The number of thioether (sulfide) groups is 1. The third-order valence-electron chi connectivity index (χ3n) is 3.74. The standard InChI is InChI=1S/C18H22BrNS/c1-13-8-9-15(10-14(13)2)11-16(20-3)12-21-18-7-5-4-6-17(18)19/h4-10,16,20H,11-12H2,1-3H3. The zero-order chi connectivity index (χ0) is 15.2. The van der Waals surface area contributed by atoms with Gasteiger partial charge >= 0.3 is 0 Å². The van der Waals surface area contributed by atoms with Gasteiger partial charge in [0.25, 0.3) is 0 Å². The predicted molar refractivity (Wildman–Crippen MR) is 97.3 cm³/mol. The van der Waals surface area contributed by atoms with Gasteiger partial charge in [-0.15, -0.1) is 11.8 Å². The quantitative estimate of drug-likeness (QED) is 0.725. The molecule has 0 aliphatic heterocycles. The van der Waals surface area contributed by atoms with Gasteiger partial charge in [-0.25, -0.2) is 0 Å². The van der Waals surface area contributed by atoms with E-state index in [0.717, 1.165) is 12.2 Å². The summed E-state index contributed by atoms with van der Waals surface area (Å²) in [5, 5.41) is 3.44. The van der Waals surface area contributed by atoms with E-state index >= 15 is 0 Å². The fourth-order valence-corrected chi connectivity index (χ4v) is 3.89. The van der Waals surface area contributed by atoms with Crippen LogP contribution >= 0.6 is 27.7 Å². The van der Waals surface area contributed by atoms with Crippen LogP contribution in [0, 0.1) is 13.8 Å². The van der Waals surface area contributed by atoms with Gasteiger partial charge in [0, 0.05) is 21.2 Å². The number of hydrogen-bond acceptors (Lipinski definition) is 2. The molecule has 0 aromatic heterocycles. The molecule has 0 saturated carbocycles. The number of rotatable bonds is 6. The molecule has 2 aromatic carbocycles. The maximum absolute atomic E-state index is 3.61. The normalized spacial score (nSPS) is 12.4. The lowest BCUT2D eigenvalue weighted by Crippen LogP contribution is -2.30. The minimum atomic E-state index is 0.476. The lowest BCUT2D eigenvalue weighted by molar-refractivity contribution is 0.617. The van der Waals surface area contributed by atoms with E-state index in [4.69, 9.17) is 0 Å². The predicted octanol–water partition coefficient (Wildman–Crippen LogP) is 4.99. The van der Waals surface area contributed by atoms with Crippen LogP contribution in [-0.4, -0.2) is 18.8 Å². The van der Waals surface area contributed by atoms with Crippen molar-refractivity contribution in [2.24, 2.45) is 0 Å². The van der Waals surface area contributed by atoms with Crippen molar-refractivity contribution in [3.05, 3.63) is 63.6 Å². The summed E-state index contributed by atoms with van der Waals surface area (Å²) in [6.07, 6.45) is 1.06. The summed E-state index contributed by atoms with van der Waals surface area (Å²) in [6.45, 7) is 4.35. The highest BCUT2D eigenvalue weighted by molar-refractivity contribution is 9.10. The Morgan fingerprint density at radius 1 is 1.10 bits per heavy atom.